The van der Waals surface area contributed by atoms with Gasteiger partial charge in [-0.05, 0) is 12.8 Å². The van der Waals surface area contributed by atoms with Gasteiger partial charge in [0, 0.05) is 0 Å². The molecule has 18 heavy (non-hydrogen) atoms. The summed E-state index contributed by atoms with van der Waals surface area (Å²) in [6.45, 7) is 1.03. The van der Waals surface area contributed by atoms with Crippen LogP contribution in [0, 0.1) is 12.3 Å². The Morgan fingerprint density at radius 1 is 1.33 bits per heavy atom. The summed E-state index contributed by atoms with van der Waals surface area (Å²) in [5.74, 6) is -6.67. The van der Waals surface area contributed by atoms with Gasteiger partial charge in [0.2, 0.25) is 11.5 Å². The number of ketones is 2. The lowest BCUT2D eigenvalue weighted by Gasteiger charge is -2.08. The van der Waals surface area contributed by atoms with Crippen molar-refractivity contribution in [3.63, 3.8) is 0 Å². The predicted octanol–water partition coefficient (Wildman–Crippen LogP) is 0.695. The topological polar surface area (TPSA) is 80.7 Å². The van der Waals surface area contributed by atoms with E-state index >= 15 is 0 Å². The van der Waals surface area contributed by atoms with Crippen molar-refractivity contribution in [3.8, 4) is 12.3 Å². The van der Waals surface area contributed by atoms with Gasteiger partial charge in [-0.15, -0.1) is 6.42 Å². The Hall–Kier alpha value is -2.30. The first-order chi connectivity index (χ1) is 8.16. The molecular formula is C10H7F3O5. The summed E-state index contributed by atoms with van der Waals surface area (Å²) in [5, 5.41) is 9.11. The van der Waals surface area contributed by atoms with Gasteiger partial charge < -0.3 is 9.84 Å². The number of allylic oxidation sites excluding steroid dienone is 1. The van der Waals surface area contributed by atoms with Crippen molar-refractivity contribution in [2.45, 2.75) is 13.1 Å². The third-order valence-corrected chi connectivity index (χ3v) is 1.55. The minimum Gasteiger partial charge on any atom is -0.501 e. The molecule has 0 fully saturated rings. The lowest BCUT2D eigenvalue weighted by atomic mass is 10.0. The molecule has 5 nitrogen and oxygen atoms in total. The number of Topliss-reactive ketones (excluding diaryl/α,β-unsaturated/α-hetero) is 2. The fraction of sp³-hybridized carbons (Fsp3) is 0.300. The molecule has 0 aromatic rings. The maximum Gasteiger partial charge on any atom is 0.455 e. The summed E-state index contributed by atoms with van der Waals surface area (Å²) in [4.78, 5) is 32.8. The molecule has 0 atom stereocenters. The number of ether oxygens (including phenoxy) is 1. The molecule has 0 radical (unpaired) electrons. The Labute approximate surface area is 99.2 Å². The van der Waals surface area contributed by atoms with Crippen LogP contribution in [0.4, 0.5) is 13.2 Å². The van der Waals surface area contributed by atoms with E-state index in [-0.39, 0.29) is 6.61 Å². The van der Waals surface area contributed by atoms with Crippen molar-refractivity contribution in [3.05, 3.63) is 11.3 Å². The minimum absolute atomic E-state index is 0.277. The summed E-state index contributed by atoms with van der Waals surface area (Å²) in [6.07, 6.45) is -0.907. The Balaban J connectivity index is 5.73. The molecule has 0 bridgehead atoms. The molecule has 0 saturated heterocycles. The summed E-state index contributed by atoms with van der Waals surface area (Å²) >= 11 is 0. The minimum atomic E-state index is -5.46. The van der Waals surface area contributed by atoms with Crippen molar-refractivity contribution in [1.82, 2.24) is 0 Å². The van der Waals surface area contributed by atoms with Crippen molar-refractivity contribution < 1.29 is 37.4 Å². The molecule has 0 rings (SSSR count). The van der Waals surface area contributed by atoms with Crippen LogP contribution in [0.5, 0.6) is 0 Å². The summed E-state index contributed by atoms with van der Waals surface area (Å²) in [7, 11) is 0. The number of hydrogen-bond donors (Lipinski definition) is 1. The van der Waals surface area contributed by atoms with Gasteiger partial charge in [0.1, 0.15) is 5.57 Å². The smallest absolute Gasteiger partial charge is 0.455 e. The summed E-state index contributed by atoms with van der Waals surface area (Å²) in [5.41, 5.74) is -1.83. The van der Waals surface area contributed by atoms with Gasteiger partial charge in [0.05, 0.1) is 6.61 Å². The molecule has 0 saturated carbocycles. The fourth-order valence-electron chi connectivity index (χ4n) is 0.834. The van der Waals surface area contributed by atoms with Crippen LogP contribution >= 0.6 is 0 Å². The first kappa shape index (κ1) is 15.7. The van der Waals surface area contributed by atoms with E-state index in [0.717, 1.165) is 0 Å². The molecule has 0 aliphatic rings. The predicted molar refractivity (Wildman–Crippen MR) is 51.2 cm³/mol. The van der Waals surface area contributed by atoms with Gasteiger partial charge in [-0.1, -0.05) is 0 Å². The average molecular weight is 264 g/mol. The number of esters is 1. The van der Waals surface area contributed by atoms with E-state index < -0.39 is 35.0 Å². The van der Waals surface area contributed by atoms with E-state index in [1.54, 1.807) is 0 Å². The zero-order valence-corrected chi connectivity index (χ0v) is 9.00. The Kier molecular flexibility index (Phi) is 5.11. The van der Waals surface area contributed by atoms with Crippen molar-refractivity contribution in [1.29, 1.82) is 0 Å². The molecular weight excluding hydrogens is 257 g/mol. The number of halogens is 3. The molecule has 0 amide bonds. The zero-order valence-electron chi connectivity index (χ0n) is 9.00. The van der Waals surface area contributed by atoms with Gasteiger partial charge in [0.15, 0.2) is 0 Å². The molecule has 0 aliphatic heterocycles. The highest BCUT2D eigenvalue weighted by atomic mass is 19.4. The summed E-state index contributed by atoms with van der Waals surface area (Å²) in [6, 6.07) is 0. The first-order valence-corrected chi connectivity index (χ1v) is 4.39. The van der Waals surface area contributed by atoms with Crippen molar-refractivity contribution in [2.24, 2.45) is 0 Å². The summed E-state index contributed by atoms with van der Waals surface area (Å²) < 4.78 is 40.6. The van der Waals surface area contributed by atoms with Gasteiger partial charge >= 0.3 is 12.1 Å². The number of aliphatic hydroxyl groups excluding tert-OH is 1. The standard InChI is InChI=1S/C10H7F3O5/c1-3-5(14)6(8(16)10(11,12)13)7(15)9(17)18-4-2/h1,15H,4H2,2H3. The highest BCUT2D eigenvalue weighted by Gasteiger charge is 2.45. The van der Waals surface area contributed by atoms with Crippen LogP contribution in [0.1, 0.15) is 6.92 Å². The number of terminal acetylenes is 1. The average Bonchev–Trinajstić information content (AvgIpc) is 2.27. The Morgan fingerprint density at radius 3 is 2.17 bits per heavy atom. The van der Waals surface area contributed by atoms with E-state index in [1.165, 1.54) is 12.8 Å². The number of aliphatic hydroxyl groups is 1. The van der Waals surface area contributed by atoms with E-state index in [1.807, 2.05) is 0 Å². The van der Waals surface area contributed by atoms with E-state index in [9.17, 15) is 27.6 Å². The Morgan fingerprint density at radius 2 is 1.83 bits per heavy atom. The van der Waals surface area contributed by atoms with Crippen molar-refractivity contribution in [2.75, 3.05) is 6.61 Å². The maximum absolute atomic E-state index is 12.1. The number of alkyl halides is 3. The first-order valence-electron chi connectivity index (χ1n) is 4.39. The SMILES string of the molecule is C#CC(=O)C(C(=O)C(F)(F)F)=C(O)C(=O)OCC. The number of rotatable bonds is 4. The van der Waals surface area contributed by atoms with Gasteiger partial charge in [-0.3, -0.25) is 9.59 Å². The van der Waals surface area contributed by atoms with Crippen LogP contribution in [0.25, 0.3) is 0 Å². The number of carbonyl (C=O) groups is 3. The van der Waals surface area contributed by atoms with Crippen LogP contribution in [-0.4, -0.2) is 35.4 Å². The van der Waals surface area contributed by atoms with Gasteiger partial charge in [-0.25, -0.2) is 4.79 Å². The maximum atomic E-state index is 12.1. The highest BCUT2D eigenvalue weighted by molar-refractivity contribution is 6.30. The third-order valence-electron chi connectivity index (χ3n) is 1.55. The van der Waals surface area contributed by atoms with Crippen molar-refractivity contribution >= 4 is 17.5 Å². The van der Waals surface area contributed by atoms with Gasteiger partial charge in [0.25, 0.3) is 5.78 Å². The molecule has 1 N–H and O–H groups in total. The molecule has 0 aromatic carbocycles. The normalized spacial score (nSPS) is 12.2. The lowest BCUT2D eigenvalue weighted by molar-refractivity contribution is -0.167. The molecule has 0 unspecified atom stereocenters. The van der Waals surface area contributed by atoms with Crippen LogP contribution in [0.3, 0.4) is 0 Å². The molecule has 8 heteroatoms. The quantitative estimate of drug-likeness (QED) is 0.154. The molecule has 98 valence electrons. The molecule has 0 aromatic heterocycles. The second kappa shape index (κ2) is 5.86. The second-order valence-corrected chi connectivity index (χ2v) is 2.74. The molecule has 0 aliphatic carbocycles. The third kappa shape index (κ3) is 3.62. The fourth-order valence-corrected chi connectivity index (χ4v) is 0.834. The highest BCUT2D eigenvalue weighted by Crippen LogP contribution is 2.23. The molecule has 0 spiro atoms. The molecule has 0 heterocycles. The van der Waals surface area contributed by atoms with Crippen LogP contribution in [0.15, 0.2) is 11.3 Å². The lowest BCUT2D eigenvalue weighted by Crippen LogP contribution is -2.30. The zero-order chi connectivity index (χ0) is 14.5. The monoisotopic (exact) mass is 264 g/mol. The van der Waals surface area contributed by atoms with Gasteiger partial charge in [-0.2, -0.15) is 13.2 Å². The van der Waals surface area contributed by atoms with Crippen LogP contribution in [-0.2, 0) is 19.1 Å². The van der Waals surface area contributed by atoms with E-state index in [2.05, 4.69) is 11.2 Å². The Bertz CT molecular complexity index is 453. The second-order valence-electron chi connectivity index (χ2n) is 2.74. The largest absolute Gasteiger partial charge is 0.501 e. The van der Waals surface area contributed by atoms with Crippen LogP contribution < -0.4 is 0 Å². The van der Waals surface area contributed by atoms with E-state index in [0.29, 0.717) is 0 Å². The van der Waals surface area contributed by atoms with Crippen LogP contribution in [0.2, 0.25) is 0 Å². The number of hydrogen-bond acceptors (Lipinski definition) is 5. The van der Waals surface area contributed by atoms with E-state index in [4.69, 9.17) is 5.11 Å². The number of carbonyl (C=O) groups excluding carboxylic acids is 3.